The topological polar surface area (TPSA) is 75.3 Å². The third-order valence-electron chi connectivity index (χ3n) is 3.56. The number of aromatic carboxylic acids is 1. The molecule has 0 aliphatic heterocycles. The molecular weight excluding hydrogens is 264 g/mol. The van der Waals surface area contributed by atoms with E-state index in [1.54, 1.807) is 12.1 Å². The molecule has 0 aliphatic carbocycles. The van der Waals surface area contributed by atoms with Gasteiger partial charge in [-0.1, -0.05) is 37.3 Å². The molecule has 0 saturated heterocycles. The van der Waals surface area contributed by atoms with Gasteiger partial charge in [0, 0.05) is 6.54 Å². The molecule has 0 aliphatic rings. The van der Waals surface area contributed by atoms with Crippen LogP contribution in [0.2, 0.25) is 0 Å². The molecule has 1 unspecified atom stereocenters. The van der Waals surface area contributed by atoms with Crippen LogP contribution in [-0.2, 0) is 0 Å². The van der Waals surface area contributed by atoms with E-state index in [9.17, 15) is 4.79 Å². The maximum absolute atomic E-state index is 10.8. The summed E-state index contributed by atoms with van der Waals surface area (Å²) >= 11 is 0. The minimum Gasteiger partial charge on any atom is -0.478 e. The third kappa shape index (κ3) is 3.99. The van der Waals surface area contributed by atoms with E-state index < -0.39 is 5.97 Å². The molecule has 0 saturated carbocycles. The lowest BCUT2D eigenvalue weighted by atomic mass is 9.98. The molecule has 1 atom stereocenters. The Labute approximate surface area is 124 Å². The van der Waals surface area contributed by atoms with Gasteiger partial charge in [-0.3, -0.25) is 0 Å². The molecule has 110 valence electrons. The second-order valence-electron chi connectivity index (χ2n) is 5.13. The lowest BCUT2D eigenvalue weighted by Gasteiger charge is -2.14. The second kappa shape index (κ2) is 6.79. The van der Waals surface area contributed by atoms with Crippen LogP contribution >= 0.6 is 0 Å². The number of rotatable bonds is 6. The van der Waals surface area contributed by atoms with Gasteiger partial charge in [-0.25, -0.2) is 4.79 Å². The molecule has 0 spiro atoms. The lowest BCUT2D eigenvalue weighted by molar-refractivity contribution is 0.0697. The Morgan fingerprint density at radius 3 is 2.57 bits per heavy atom. The van der Waals surface area contributed by atoms with Crippen LogP contribution in [0.4, 0.5) is 11.4 Å². The molecular formula is C17H20N2O2. The molecule has 0 aromatic heterocycles. The Morgan fingerprint density at radius 2 is 1.95 bits per heavy atom. The number of nitrogens with one attached hydrogen (secondary N) is 1. The van der Waals surface area contributed by atoms with E-state index >= 15 is 0 Å². The van der Waals surface area contributed by atoms with Gasteiger partial charge in [-0.2, -0.15) is 0 Å². The summed E-state index contributed by atoms with van der Waals surface area (Å²) < 4.78 is 0. The van der Waals surface area contributed by atoms with Crippen LogP contribution in [0.1, 0.15) is 35.2 Å². The maximum atomic E-state index is 10.8. The van der Waals surface area contributed by atoms with Crippen molar-refractivity contribution in [1.82, 2.24) is 0 Å². The van der Waals surface area contributed by atoms with E-state index in [1.807, 2.05) is 18.2 Å². The number of carbonyl (C=O) groups is 1. The molecule has 2 rings (SSSR count). The van der Waals surface area contributed by atoms with Crippen molar-refractivity contribution in [3.63, 3.8) is 0 Å². The van der Waals surface area contributed by atoms with Crippen molar-refractivity contribution < 1.29 is 9.90 Å². The zero-order valence-corrected chi connectivity index (χ0v) is 12.0. The first kappa shape index (κ1) is 14.9. The van der Waals surface area contributed by atoms with E-state index in [-0.39, 0.29) is 5.56 Å². The van der Waals surface area contributed by atoms with Gasteiger partial charge in [0.2, 0.25) is 0 Å². The monoisotopic (exact) mass is 284 g/mol. The number of carboxylic acids is 1. The molecule has 2 aromatic carbocycles. The van der Waals surface area contributed by atoms with Crippen molar-refractivity contribution in [2.24, 2.45) is 0 Å². The van der Waals surface area contributed by atoms with E-state index in [1.165, 1.54) is 11.6 Å². The van der Waals surface area contributed by atoms with Gasteiger partial charge in [0.05, 0.1) is 16.9 Å². The number of benzene rings is 2. The summed E-state index contributed by atoms with van der Waals surface area (Å²) in [6, 6.07) is 15.1. The van der Waals surface area contributed by atoms with Gasteiger partial charge in [-0.15, -0.1) is 0 Å². The number of hydrogen-bond acceptors (Lipinski definition) is 3. The van der Waals surface area contributed by atoms with Crippen molar-refractivity contribution >= 4 is 17.3 Å². The van der Waals surface area contributed by atoms with Crippen LogP contribution in [0.3, 0.4) is 0 Å². The van der Waals surface area contributed by atoms with Crippen molar-refractivity contribution in [3.05, 3.63) is 59.7 Å². The highest BCUT2D eigenvalue weighted by Crippen LogP contribution is 2.22. The summed E-state index contributed by atoms with van der Waals surface area (Å²) in [5.74, 6) is -0.510. The number of hydrogen-bond donors (Lipinski definition) is 3. The third-order valence-corrected chi connectivity index (χ3v) is 3.56. The lowest BCUT2D eigenvalue weighted by Crippen LogP contribution is -2.08. The average Bonchev–Trinajstić information content (AvgIpc) is 2.49. The fourth-order valence-electron chi connectivity index (χ4n) is 2.23. The van der Waals surface area contributed by atoms with Crippen molar-refractivity contribution in [3.8, 4) is 0 Å². The van der Waals surface area contributed by atoms with Crippen LogP contribution in [0.25, 0.3) is 0 Å². The molecule has 0 fully saturated rings. The predicted octanol–water partition coefficient (Wildman–Crippen LogP) is 3.57. The van der Waals surface area contributed by atoms with Crippen LogP contribution < -0.4 is 11.1 Å². The quantitative estimate of drug-likeness (QED) is 0.709. The molecule has 4 N–H and O–H groups in total. The molecule has 4 heteroatoms. The Morgan fingerprint density at radius 1 is 1.24 bits per heavy atom. The normalized spacial score (nSPS) is 11.9. The first-order valence-electron chi connectivity index (χ1n) is 6.99. The zero-order valence-electron chi connectivity index (χ0n) is 12.0. The molecule has 0 heterocycles. The van der Waals surface area contributed by atoms with Crippen LogP contribution in [0.15, 0.2) is 48.5 Å². The maximum Gasteiger partial charge on any atom is 0.335 e. The highest BCUT2D eigenvalue weighted by molar-refractivity contribution is 5.90. The van der Waals surface area contributed by atoms with Gasteiger partial charge in [-0.05, 0) is 36.1 Å². The Bertz CT molecular complexity index is 611. The fourth-order valence-corrected chi connectivity index (χ4v) is 2.23. The van der Waals surface area contributed by atoms with E-state index in [4.69, 9.17) is 10.8 Å². The number of nitrogens with two attached hydrogens (primary N) is 1. The minimum absolute atomic E-state index is 0.204. The van der Waals surface area contributed by atoms with Crippen LogP contribution in [0.5, 0.6) is 0 Å². The van der Waals surface area contributed by atoms with Crippen LogP contribution in [-0.4, -0.2) is 17.6 Å². The van der Waals surface area contributed by atoms with E-state index in [0.29, 0.717) is 11.6 Å². The molecule has 0 radical (unpaired) electrons. The Balaban J connectivity index is 1.90. The van der Waals surface area contributed by atoms with Crippen molar-refractivity contribution in [2.45, 2.75) is 19.3 Å². The Hall–Kier alpha value is -2.49. The largest absolute Gasteiger partial charge is 0.478 e. The number of anilines is 2. The Kier molecular flexibility index (Phi) is 4.82. The summed E-state index contributed by atoms with van der Waals surface area (Å²) in [5, 5.41) is 12.2. The molecule has 0 amide bonds. The summed E-state index contributed by atoms with van der Waals surface area (Å²) in [7, 11) is 0. The van der Waals surface area contributed by atoms with Crippen molar-refractivity contribution in [1.29, 1.82) is 0 Å². The SMILES string of the molecule is CC(CCNc1ccc(C(=O)O)cc1N)c1ccccc1. The standard InChI is InChI=1S/C17H20N2O2/c1-12(13-5-3-2-4-6-13)9-10-19-16-8-7-14(17(20)21)11-15(16)18/h2-8,11-12,19H,9-10,18H2,1H3,(H,20,21). The van der Waals surface area contributed by atoms with Gasteiger partial charge < -0.3 is 16.2 Å². The second-order valence-corrected chi connectivity index (χ2v) is 5.13. The smallest absolute Gasteiger partial charge is 0.335 e. The average molecular weight is 284 g/mol. The number of carboxylic acid groups (broad SMARTS) is 1. The summed E-state index contributed by atoms with van der Waals surface area (Å²) in [6.07, 6.45) is 0.976. The summed E-state index contributed by atoms with van der Waals surface area (Å²) in [6.45, 7) is 2.97. The minimum atomic E-state index is -0.967. The molecule has 0 bridgehead atoms. The van der Waals surface area contributed by atoms with Gasteiger partial charge in [0.15, 0.2) is 0 Å². The van der Waals surface area contributed by atoms with Gasteiger partial charge in [0.25, 0.3) is 0 Å². The molecule has 4 nitrogen and oxygen atoms in total. The molecule has 2 aromatic rings. The summed E-state index contributed by atoms with van der Waals surface area (Å²) in [4.78, 5) is 10.8. The highest BCUT2D eigenvalue weighted by Gasteiger charge is 2.07. The fraction of sp³-hybridized carbons (Fsp3) is 0.235. The molecule has 21 heavy (non-hydrogen) atoms. The number of nitrogen functional groups attached to an aromatic ring is 1. The van der Waals surface area contributed by atoms with Crippen LogP contribution in [0, 0.1) is 0 Å². The first-order valence-corrected chi connectivity index (χ1v) is 6.99. The van der Waals surface area contributed by atoms with Crippen molar-refractivity contribution in [2.75, 3.05) is 17.6 Å². The summed E-state index contributed by atoms with van der Waals surface area (Å²) in [5.41, 5.74) is 8.62. The zero-order chi connectivity index (χ0) is 15.2. The van der Waals surface area contributed by atoms with E-state index in [2.05, 4.69) is 24.4 Å². The van der Waals surface area contributed by atoms with Gasteiger partial charge >= 0.3 is 5.97 Å². The van der Waals surface area contributed by atoms with Gasteiger partial charge in [0.1, 0.15) is 0 Å². The highest BCUT2D eigenvalue weighted by atomic mass is 16.4. The van der Waals surface area contributed by atoms with E-state index in [0.717, 1.165) is 18.7 Å². The predicted molar refractivity (Wildman–Crippen MR) is 85.8 cm³/mol. The first-order chi connectivity index (χ1) is 10.1.